The van der Waals surface area contributed by atoms with Gasteiger partial charge in [-0.05, 0) is 43.7 Å². The lowest BCUT2D eigenvalue weighted by atomic mass is 10.1. The number of benzene rings is 1. The Hall–Kier alpha value is -0.980. The van der Waals surface area contributed by atoms with E-state index < -0.39 is 0 Å². The zero-order valence-corrected chi connectivity index (χ0v) is 13.6. The van der Waals surface area contributed by atoms with Crippen LogP contribution >= 0.6 is 27.3 Å². The summed E-state index contributed by atoms with van der Waals surface area (Å²) in [4.78, 5) is 0. The van der Waals surface area contributed by atoms with Crippen LogP contribution in [-0.2, 0) is 6.54 Å². The number of nitrogens with one attached hydrogen (secondary N) is 1. The largest absolute Gasteiger partial charge is 0.430 e. The lowest BCUT2D eigenvalue weighted by Crippen LogP contribution is -2.11. The average molecular weight is 342 g/mol. The highest BCUT2D eigenvalue weighted by Crippen LogP contribution is 2.30. The molecule has 1 aromatic heterocycles. The third-order valence-electron chi connectivity index (χ3n) is 2.59. The van der Waals surface area contributed by atoms with Crippen LogP contribution in [0.4, 0.5) is 0 Å². The number of hydrogen-bond donors (Lipinski definition) is 1. The second-order valence-electron chi connectivity index (χ2n) is 4.22. The van der Waals surface area contributed by atoms with Gasteiger partial charge in [0.25, 0.3) is 5.19 Å². The van der Waals surface area contributed by atoms with Gasteiger partial charge in [0.05, 0.1) is 0 Å². The standard InChI is InChI=1S/C13H16BrN3OS/c1-4-15-7-11-16-17-13(19-11)18-10-5-8(2)12(14)9(3)6-10/h5-6,15H,4,7H2,1-3H3. The minimum absolute atomic E-state index is 0.578. The van der Waals surface area contributed by atoms with Crippen molar-refractivity contribution in [3.05, 3.63) is 32.7 Å². The van der Waals surface area contributed by atoms with Crippen molar-refractivity contribution in [2.24, 2.45) is 0 Å². The fourth-order valence-corrected chi connectivity index (χ4v) is 2.55. The Morgan fingerprint density at radius 2 is 1.95 bits per heavy atom. The summed E-state index contributed by atoms with van der Waals surface area (Å²) >= 11 is 5.01. The minimum Gasteiger partial charge on any atom is -0.430 e. The number of rotatable bonds is 5. The molecule has 1 heterocycles. The van der Waals surface area contributed by atoms with Crippen molar-refractivity contribution in [3.63, 3.8) is 0 Å². The Labute approximate surface area is 125 Å². The van der Waals surface area contributed by atoms with Crippen LogP contribution in [0, 0.1) is 13.8 Å². The molecular weight excluding hydrogens is 326 g/mol. The van der Waals surface area contributed by atoms with Crippen LogP contribution in [0.25, 0.3) is 0 Å². The van der Waals surface area contributed by atoms with E-state index in [9.17, 15) is 0 Å². The van der Waals surface area contributed by atoms with Crippen molar-refractivity contribution in [1.29, 1.82) is 0 Å². The molecule has 19 heavy (non-hydrogen) atoms. The van der Waals surface area contributed by atoms with Gasteiger partial charge in [-0.1, -0.05) is 39.3 Å². The highest BCUT2D eigenvalue weighted by atomic mass is 79.9. The predicted molar refractivity (Wildman–Crippen MR) is 81.0 cm³/mol. The molecule has 0 aliphatic carbocycles. The molecule has 0 saturated carbocycles. The summed E-state index contributed by atoms with van der Waals surface area (Å²) in [6, 6.07) is 3.98. The van der Waals surface area contributed by atoms with Crippen molar-refractivity contribution < 1.29 is 4.74 Å². The van der Waals surface area contributed by atoms with E-state index in [0.717, 1.165) is 39.4 Å². The molecule has 102 valence electrons. The lowest BCUT2D eigenvalue weighted by molar-refractivity contribution is 0.472. The number of aryl methyl sites for hydroxylation is 2. The summed E-state index contributed by atoms with van der Waals surface area (Å²) in [7, 11) is 0. The summed E-state index contributed by atoms with van der Waals surface area (Å²) in [5.74, 6) is 0.796. The van der Waals surface area contributed by atoms with E-state index in [1.165, 1.54) is 11.3 Å². The van der Waals surface area contributed by atoms with E-state index in [2.05, 4.69) is 38.4 Å². The highest BCUT2D eigenvalue weighted by Gasteiger charge is 2.08. The third-order valence-corrected chi connectivity index (χ3v) is 4.64. The molecule has 6 heteroatoms. The Morgan fingerprint density at radius 3 is 2.58 bits per heavy atom. The van der Waals surface area contributed by atoms with E-state index in [0.29, 0.717) is 5.19 Å². The Morgan fingerprint density at radius 1 is 1.26 bits per heavy atom. The molecule has 0 fully saturated rings. The first kappa shape index (κ1) is 14.4. The average Bonchev–Trinajstić information content (AvgIpc) is 2.81. The Balaban J connectivity index is 2.10. The smallest absolute Gasteiger partial charge is 0.299 e. The number of hydrogen-bond acceptors (Lipinski definition) is 5. The summed E-state index contributed by atoms with van der Waals surface area (Å²) < 4.78 is 6.87. The first-order valence-electron chi connectivity index (χ1n) is 6.08. The summed E-state index contributed by atoms with van der Waals surface area (Å²) in [6.45, 7) is 7.80. The van der Waals surface area contributed by atoms with Gasteiger partial charge in [-0.25, -0.2) is 0 Å². The van der Waals surface area contributed by atoms with Gasteiger partial charge in [-0.2, -0.15) is 0 Å². The van der Waals surface area contributed by atoms with Crippen LogP contribution in [0.3, 0.4) is 0 Å². The van der Waals surface area contributed by atoms with Crippen LogP contribution in [-0.4, -0.2) is 16.7 Å². The Kier molecular flexibility index (Phi) is 4.90. The van der Waals surface area contributed by atoms with Gasteiger partial charge < -0.3 is 10.1 Å². The molecule has 4 nitrogen and oxygen atoms in total. The normalized spacial score (nSPS) is 10.7. The summed E-state index contributed by atoms with van der Waals surface area (Å²) in [6.07, 6.45) is 0. The lowest BCUT2D eigenvalue weighted by Gasteiger charge is -2.07. The molecule has 0 radical (unpaired) electrons. The van der Waals surface area contributed by atoms with E-state index in [1.807, 2.05) is 26.0 Å². The molecule has 0 unspecified atom stereocenters. The first-order chi connectivity index (χ1) is 9.10. The van der Waals surface area contributed by atoms with Gasteiger partial charge >= 0.3 is 0 Å². The number of halogens is 1. The molecule has 0 amide bonds. The van der Waals surface area contributed by atoms with E-state index in [-0.39, 0.29) is 0 Å². The second kappa shape index (κ2) is 6.45. The van der Waals surface area contributed by atoms with Crippen molar-refractivity contribution >= 4 is 27.3 Å². The molecule has 0 aliphatic rings. The molecule has 0 saturated heterocycles. The van der Waals surface area contributed by atoms with Crippen LogP contribution in [0.2, 0.25) is 0 Å². The number of nitrogens with zero attached hydrogens (tertiary/aromatic N) is 2. The van der Waals surface area contributed by atoms with Crippen molar-refractivity contribution in [2.75, 3.05) is 6.54 Å². The summed E-state index contributed by atoms with van der Waals surface area (Å²) in [5, 5.41) is 12.8. The van der Waals surface area contributed by atoms with Crippen LogP contribution in [0.5, 0.6) is 10.9 Å². The quantitative estimate of drug-likeness (QED) is 0.897. The number of ether oxygens (including phenoxy) is 1. The van der Waals surface area contributed by atoms with E-state index in [4.69, 9.17) is 4.74 Å². The topological polar surface area (TPSA) is 47.0 Å². The monoisotopic (exact) mass is 341 g/mol. The summed E-state index contributed by atoms with van der Waals surface area (Å²) in [5.41, 5.74) is 2.29. The predicted octanol–water partition coefficient (Wildman–Crippen LogP) is 3.82. The third kappa shape index (κ3) is 3.75. The van der Waals surface area contributed by atoms with Gasteiger partial charge in [0.1, 0.15) is 10.8 Å². The molecule has 1 N–H and O–H groups in total. The van der Waals surface area contributed by atoms with Crippen LogP contribution in [0.1, 0.15) is 23.1 Å². The van der Waals surface area contributed by atoms with E-state index in [1.54, 1.807) is 0 Å². The highest BCUT2D eigenvalue weighted by molar-refractivity contribution is 9.10. The van der Waals surface area contributed by atoms with Gasteiger partial charge in [0.2, 0.25) is 0 Å². The molecule has 0 aliphatic heterocycles. The number of aromatic nitrogens is 2. The van der Waals surface area contributed by atoms with Crippen molar-refractivity contribution in [2.45, 2.75) is 27.3 Å². The van der Waals surface area contributed by atoms with E-state index >= 15 is 0 Å². The van der Waals surface area contributed by atoms with Gasteiger partial charge in [-0.3, -0.25) is 0 Å². The second-order valence-corrected chi connectivity index (χ2v) is 6.03. The van der Waals surface area contributed by atoms with Crippen LogP contribution < -0.4 is 10.1 Å². The zero-order chi connectivity index (χ0) is 13.8. The SMILES string of the molecule is CCNCc1nnc(Oc2cc(C)c(Br)c(C)c2)s1. The maximum atomic E-state index is 5.75. The molecular formula is C13H16BrN3OS. The minimum atomic E-state index is 0.578. The maximum Gasteiger partial charge on any atom is 0.299 e. The van der Waals surface area contributed by atoms with Crippen molar-refractivity contribution in [1.82, 2.24) is 15.5 Å². The Bertz CT molecular complexity index is 548. The fraction of sp³-hybridized carbons (Fsp3) is 0.385. The molecule has 0 spiro atoms. The molecule has 2 rings (SSSR count). The van der Waals surface area contributed by atoms with Crippen LogP contribution in [0.15, 0.2) is 16.6 Å². The molecule has 1 aromatic carbocycles. The van der Waals surface area contributed by atoms with Gasteiger partial charge in [0, 0.05) is 11.0 Å². The fourth-order valence-electron chi connectivity index (χ4n) is 1.65. The van der Waals surface area contributed by atoms with Gasteiger partial charge in [0.15, 0.2) is 0 Å². The van der Waals surface area contributed by atoms with Crippen molar-refractivity contribution in [3.8, 4) is 10.9 Å². The molecule has 0 bridgehead atoms. The molecule has 2 aromatic rings. The van der Waals surface area contributed by atoms with Gasteiger partial charge in [-0.15, -0.1) is 5.10 Å². The first-order valence-corrected chi connectivity index (χ1v) is 7.68. The maximum absolute atomic E-state index is 5.75. The zero-order valence-electron chi connectivity index (χ0n) is 11.2. The molecule has 0 atom stereocenters.